The number of imide groups is 1. The smallest absolute Gasteiger partial charge is 0.234 e. The number of ether oxygens (including phenoxy) is 1. The monoisotopic (exact) mass is 1000 g/mol. The van der Waals surface area contributed by atoms with Crippen molar-refractivity contribution in [3.05, 3.63) is 88.2 Å². The fraction of sp³-hybridized carbons (Fsp3) is 0.451. The van der Waals surface area contributed by atoms with E-state index in [0.717, 1.165) is 110 Å². The van der Waals surface area contributed by atoms with Gasteiger partial charge in [0.2, 0.25) is 23.7 Å². The maximum atomic E-state index is 13.7. The van der Waals surface area contributed by atoms with Crippen LogP contribution in [0.2, 0.25) is 0 Å². The van der Waals surface area contributed by atoms with E-state index in [1.54, 1.807) is 26.6 Å². The highest BCUT2D eigenvalue weighted by Gasteiger charge is 2.40. The van der Waals surface area contributed by atoms with Crippen LogP contribution in [0.4, 0.5) is 34.5 Å². The lowest BCUT2D eigenvalue weighted by Crippen LogP contribution is -2.57. The first-order valence-corrected chi connectivity index (χ1v) is 27.2. The van der Waals surface area contributed by atoms with Crippen LogP contribution < -0.4 is 35.8 Å². The molecular weight excluding hydrogens is 944 g/mol. The topological polar surface area (TPSA) is 165 Å². The molecule has 1 aliphatic carbocycles. The predicted molar refractivity (Wildman–Crippen MR) is 274 cm³/mol. The number of amides is 3. The zero-order valence-corrected chi connectivity index (χ0v) is 42.3. The molecule has 1 atom stereocenters. The van der Waals surface area contributed by atoms with E-state index in [0.29, 0.717) is 52.6 Å². The molecule has 3 amide bonds. The molecule has 1 unspecified atom stereocenters. The number of rotatable bonds is 13. The van der Waals surface area contributed by atoms with E-state index in [1.165, 1.54) is 11.3 Å². The quantitative estimate of drug-likeness (QED) is 0.0770. The Morgan fingerprint density at radius 3 is 2.34 bits per heavy atom. The minimum absolute atomic E-state index is 0.0552. The molecule has 17 heteroatoms. The molecule has 0 bridgehead atoms. The van der Waals surface area contributed by atoms with Crippen molar-refractivity contribution in [3.8, 4) is 5.75 Å². The molecule has 0 radical (unpaired) electrons. The molecule has 2 aromatic heterocycles. The Hall–Kier alpha value is -5.57. The van der Waals surface area contributed by atoms with Crippen LogP contribution >= 0.6 is 23.1 Å². The molecule has 4 aliphatic rings. The number of benzene rings is 3. The summed E-state index contributed by atoms with van der Waals surface area (Å²) in [7, 11) is 1.03. The zero-order valence-electron chi connectivity index (χ0n) is 39.8. The number of nitrogens with zero attached hydrogens (tertiary/aromatic N) is 7. The molecule has 15 nitrogen and oxygen atoms in total. The van der Waals surface area contributed by atoms with Crippen molar-refractivity contribution in [2.75, 3.05) is 87.2 Å². The second kappa shape index (κ2) is 19.8. The van der Waals surface area contributed by atoms with Gasteiger partial charge in [-0.05, 0) is 122 Å². The lowest BCUT2D eigenvalue weighted by molar-refractivity contribution is -0.141. The van der Waals surface area contributed by atoms with Crippen molar-refractivity contribution >= 4 is 91.5 Å². The lowest BCUT2D eigenvalue weighted by atomic mass is 9.78. The summed E-state index contributed by atoms with van der Waals surface area (Å²) >= 11 is 3.62. The molecule has 5 heterocycles. The Labute approximate surface area is 407 Å². The molecule has 358 valence electrons. The van der Waals surface area contributed by atoms with Gasteiger partial charge < -0.3 is 34.6 Å². The van der Waals surface area contributed by atoms with Gasteiger partial charge in [-0.3, -0.25) is 29.6 Å². The maximum Gasteiger partial charge on any atom is 0.234 e. The second-order valence-corrected chi connectivity index (χ2v) is 23.1. The summed E-state index contributed by atoms with van der Waals surface area (Å²) in [6.07, 6.45) is 7.23. The van der Waals surface area contributed by atoms with E-state index in [1.807, 2.05) is 55.5 Å². The van der Waals surface area contributed by atoms with E-state index in [9.17, 15) is 18.9 Å². The third-order valence-corrected chi connectivity index (χ3v) is 16.6. The third kappa shape index (κ3) is 9.95. The number of hydrogen-bond donors (Lipinski definition) is 3. The molecule has 3 saturated heterocycles. The van der Waals surface area contributed by atoms with Crippen molar-refractivity contribution in [2.45, 2.75) is 76.8 Å². The highest BCUT2D eigenvalue weighted by atomic mass is 79.9. The van der Waals surface area contributed by atoms with Gasteiger partial charge in [0.15, 0.2) is 0 Å². The third-order valence-electron chi connectivity index (χ3n) is 14.4. The summed E-state index contributed by atoms with van der Waals surface area (Å²) in [5, 5.41) is 10.9. The van der Waals surface area contributed by atoms with Crippen LogP contribution in [0.15, 0.2) is 71.3 Å². The normalized spacial score (nSPS) is 20.5. The van der Waals surface area contributed by atoms with Gasteiger partial charge in [-0.15, -0.1) is 0 Å². The van der Waals surface area contributed by atoms with Crippen LogP contribution in [0.25, 0.3) is 10.9 Å². The molecular formula is C51H62BrN10O5P. The number of carbonyl (C=O) groups excluding carboxylic acids is 3. The Morgan fingerprint density at radius 2 is 1.66 bits per heavy atom. The van der Waals surface area contributed by atoms with Crippen molar-refractivity contribution in [1.82, 2.24) is 30.1 Å². The van der Waals surface area contributed by atoms with Gasteiger partial charge in [0.1, 0.15) is 18.7 Å². The Kier molecular flexibility index (Phi) is 13.8. The lowest BCUT2D eigenvalue weighted by Gasteiger charge is -2.46. The highest BCUT2D eigenvalue weighted by Crippen LogP contribution is 2.43. The zero-order chi connectivity index (χ0) is 47.9. The number of hydrogen-bond acceptors (Lipinski definition) is 13. The van der Waals surface area contributed by atoms with Gasteiger partial charge in [0.25, 0.3) is 0 Å². The molecule has 0 spiro atoms. The Bertz CT molecular complexity index is 2760. The summed E-state index contributed by atoms with van der Waals surface area (Å²) in [6.45, 7) is 12.9. The SMILES string of the molecule is CCc1cc(Nc2ncc(Br)c(Nc3ccc4nc(C)ccc4c3P(C)(C)=O)n2)c(OC)cc1N1CCC(N2CCN(C(=O)[C@H]3C[C@H](N(C)c4ccc(C5CCC(=O)NC5=O)cc4)C3)CC2)CC1. The van der Waals surface area contributed by atoms with E-state index >= 15 is 0 Å². The van der Waals surface area contributed by atoms with Crippen LogP contribution in [0.3, 0.4) is 0 Å². The number of methoxy groups -OCH3 is 1. The van der Waals surface area contributed by atoms with Crippen molar-refractivity contribution in [3.63, 3.8) is 0 Å². The number of anilines is 6. The first-order valence-electron chi connectivity index (χ1n) is 23.8. The number of aryl methyl sites for hydroxylation is 2. The number of piperazine rings is 1. The van der Waals surface area contributed by atoms with Crippen molar-refractivity contribution in [2.24, 2.45) is 5.92 Å². The van der Waals surface area contributed by atoms with Gasteiger partial charge in [-0.25, -0.2) is 4.98 Å². The molecule has 4 fully saturated rings. The summed E-state index contributed by atoms with van der Waals surface area (Å²) < 4.78 is 20.3. The van der Waals surface area contributed by atoms with E-state index in [-0.39, 0.29) is 29.6 Å². The van der Waals surface area contributed by atoms with Gasteiger partial charge in [-0.2, -0.15) is 4.98 Å². The second-order valence-electron chi connectivity index (χ2n) is 19.1. The number of carbonyl (C=O) groups is 3. The summed E-state index contributed by atoms with van der Waals surface area (Å²) in [6, 6.07) is 20.9. The Morgan fingerprint density at radius 1 is 0.926 bits per heavy atom. The van der Waals surface area contributed by atoms with Gasteiger partial charge >= 0.3 is 0 Å². The number of aromatic nitrogens is 3. The van der Waals surface area contributed by atoms with E-state index in [2.05, 4.69) is 87.6 Å². The summed E-state index contributed by atoms with van der Waals surface area (Å²) in [5.74, 6) is 1.25. The average Bonchev–Trinajstić information content (AvgIpc) is 3.31. The molecule has 5 aromatic rings. The first kappa shape index (κ1) is 47.5. The summed E-state index contributed by atoms with van der Waals surface area (Å²) in [5.41, 5.74) is 7.55. The van der Waals surface area contributed by atoms with E-state index in [4.69, 9.17) is 9.72 Å². The van der Waals surface area contributed by atoms with Crippen molar-refractivity contribution in [1.29, 1.82) is 0 Å². The van der Waals surface area contributed by atoms with Crippen LogP contribution in [0.5, 0.6) is 5.75 Å². The largest absolute Gasteiger partial charge is 0.494 e. The number of pyridine rings is 1. The number of halogens is 1. The average molecular weight is 1010 g/mol. The van der Waals surface area contributed by atoms with Gasteiger partial charge in [0.05, 0.1) is 34.4 Å². The van der Waals surface area contributed by atoms with Crippen molar-refractivity contribution < 1.29 is 23.7 Å². The minimum atomic E-state index is -2.73. The number of piperidine rings is 2. The minimum Gasteiger partial charge on any atom is -0.494 e. The van der Waals surface area contributed by atoms with Crippen LogP contribution in [0.1, 0.15) is 68.2 Å². The summed E-state index contributed by atoms with van der Waals surface area (Å²) in [4.78, 5) is 61.1. The van der Waals surface area contributed by atoms with Crippen LogP contribution in [-0.2, 0) is 25.4 Å². The molecule has 3 aromatic carbocycles. The predicted octanol–water partition coefficient (Wildman–Crippen LogP) is 7.95. The Balaban J connectivity index is 0.773. The molecule has 1 saturated carbocycles. The molecule has 68 heavy (non-hydrogen) atoms. The number of nitrogens with one attached hydrogen (secondary N) is 3. The molecule has 3 N–H and O–H groups in total. The highest BCUT2D eigenvalue weighted by molar-refractivity contribution is 9.10. The standard InChI is InChI=1S/C51H62BrN10O5P/c1-7-32-28-43(56-51-53-30-40(52)48(58-51)55-42-16-15-41-39(13-8-31(2)54-41)47(42)68(5,6)66)45(67-4)29-44(32)61-20-18-36(19-21-61)60-22-24-62(25-23-60)50(65)34-26-37(27-34)59(3)35-11-9-33(10-12-35)38-14-17-46(63)57-49(38)64/h8-13,15-16,28-30,34,36-38H,7,14,17-27H2,1-6H3,(H,57,63,64)(H2,53,55,56,58)/t34-,37-,38?. The fourth-order valence-electron chi connectivity index (χ4n) is 10.5. The molecule has 3 aliphatic heterocycles. The maximum absolute atomic E-state index is 13.7. The fourth-order valence-corrected chi connectivity index (χ4v) is 12.3. The van der Waals surface area contributed by atoms with E-state index < -0.39 is 7.14 Å². The van der Waals surface area contributed by atoms with Gasteiger partial charge in [-0.1, -0.05) is 25.1 Å². The first-order chi connectivity index (χ1) is 32.7. The van der Waals surface area contributed by atoms with Crippen LogP contribution in [-0.4, -0.2) is 121 Å². The van der Waals surface area contributed by atoms with Crippen LogP contribution in [0, 0.1) is 12.8 Å². The van der Waals surface area contributed by atoms with Gasteiger partial charge in [0, 0.05) is 111 Å². The molecule has 9 rings (SSSR count). The number of fused-ring (bicyclic) bond motifs is 1.